The van der Waals surface area contributed by atoms with Crippen molar-refractivity contribution in [3.63, 3.8) is 0 Å². The number of alkyl halides is 3. The molecule has 1 aromatic rings. The summed E-state index contributed by atoms with van der Waals surface area (Å²) in [7, 11) is 1.46. The van der Waals surface area contributed by atoms with Crippen molar-refractivity contribution in [3.05, 3.63) is 39.9 Å². The van der Waals surface area contributed by atoms with Gasteiger partial charge in [-0.25, -0.2) is 0 Å². The van der Waals surface area contributed by atoms with Gasteiger partial charge in [0.15, 0.2) is 5.92 Å². The van der Waals surface area contributed by atoms with Crippen LogP contribution in [0.3, 0.4) is 0 Å². The molecular formula is C20H27ClF3N3O3. The van der Waals surface area contributed by atoms with Gasteiger partial charge in [0.05, 0.1) is 4.92 Å². The average Bonchev–Trinajstić information content (AvgIpc) is 3.21. The molecule has 1 aliphatic heterocycles. The third-order valence-electron chi connectivity index (χ3n) is 6.16. The summed E-state index contributed by atoms with van der Waals surface area (Å²) < 4.78 is 41.5. The number of carbonyl (C=O) groups excluding carboxylic acids is 1. The topological polar surface area (TPSA) is 66.7 Å². The van der Waals surface area contributed by atoms with Crippen molar-refractivity contribution >= 4 is 24.0 Å². The molecule has 168 valence electrons. The summed E-state index contributed by atoms with van der Waals surface area (Å²) in [5.41, 5.74) is -0.578. The van der Waals surface area contributed by atoms with E-state index in [1.54, 1.807) is 0 Å². The molecule has 3 unspecified atom stereocenters. The van der Waals surface area contributed by atoms with Gasteiger partial charge in [0, 0.05) is 31.3 Å². The van der Waals surface area contributed by atoms with E-state index < -0.39 is 22.9 Å². The van der Waals surface area contributed by atoms with Crippen LogP contribution in [0.15, 0.2) is 24.3 Å². The van der Waals surface area contributed by atoms with Crippen molar-refractivity contribution in [2.75, 3.05) is 20.1 Å². The van der Waals surface area contributed by atoms with Crippen molar-refractivity contribution < 1.29 is 22.9 Å². The number of likely N-dealkylation sites (N-methyl/N-ethyl adjacent to an activating group) is 1. The number of hydrogen-bond acceptors (Lipinski definition) is 4. The monoisotopic (exact) mass is 449 g/mol. The number of amides is 1. The summed E-state index contributed by atoms with van der Waals surface area (Å²) in [5, 5.41) is 10.8. The molecule has 2 aliphatic rings. The van der Waals surface area contributed by atoms with E-state index in [4.69, 9.17) is 0 Å². The fourth-order valence-electron chi connectivity index (χ4n) is 4.67. The van der Waals surface area contributed by atoms with Crippen molar-refractivity contribution in [3.8, 4) is 0 Å². The van der Waals surface area contributed by atoms with Crippen LogP contribution in [0, 0.1) is 10.1 Å². The Hall–Kier alpha value is -1.87. The smallest absolute Gasteiger partial charge is 0.340 e. The molecule has 10 heteroatoms. The number of halogens is 4. The lowest BCUT2D eigenvalue weighted by atomic mass is 9.87. The van der Waals surface area contributed by atoms with E-state index in [0.717, 1.165) is 69.5 Å². The van der Waals surface area contributed by atoms with Gasteiger partial charge in [-0.15, -0.1) is 12.4 Å². The third kappa shape index (κ3) is 5.24. The third-order valence-corrected chi connectivity index (χ3v) is 6.16. The van der Waals surface area contributed by atoms with E-state index in [9.17, 15) is 28.1 Å². The van der Waals surface area contributed by atoms with Crippen LogP contribution in [-0.2, 0) is 4.79 Å². The Morgan fingerprint density at radius 2 is 1.70 bits per heavy atom. The largest absolute Gasteiger partial charge is 0.404 e. The average molecular weight is 450 g/mol. The van der Waals surface area contributed by atoms with E-state index in [1.165, 1.54) is 11.9 Å². The van der Waals surface area contributed by atoms with Gasteiger partial charge >= 0.3 is 6.18 Å². The number of rotatable bonds is 5. The summed E-state index contributed by atoms with van der Waals surface area (Å²) >= 11 is 0. The Bertz CT molecular complexity index is 739. The summed E-state index contributed by atoms with van der Waals surface area (Å²) in [6, 6.07) is 3.91. The second-order valence-electron chi connectivity index (χ2n) is 7.93. The molecule has 1 aliphatic carbocycles. The van der Waals surface area contributed by atoms with Gasteiger partial charge in [-0.2, -0.15) is 13.2 Å². The van der Waals surface area contributed by atoms with Crippen molar-refractivity contribution in [1.82, 2.24) is 9.80 Å². The number of likely N-dealkylation sites (tertiary alicyclic amines) is 1. The molecule has 30 heavy (non-hydrogen) atoms. The maximum absolute atomic E-state index is 13.8. The van der Waals surface area contributed by atoms with Crippen molar-refractivity contribution in [1.29, 1.82) is 0 Å². The maximum Gasteiger partial charge on any atom is 0.404 e. The molecule has 0 bridgehead atoms. The van der Waals surface area contributed by atoms with Gasteiger partial charge in [-0.05, 0) is 44.3 Å². The SMILES string of the molecule is CN(C(=O)C(c1ccc([N+](=O)[O-])cc1)C(F)(F)F)C1CCCCC1N1CCCC1.Cl. The zero-order valence-electron chi connectivity index (χ0n) is 16.8. The summed E-state index contributed by atoms with van der Waals surface area (Å²) in [6.45, 7) is 1.85. The Labute approximate surface area is 180 Å². The molecule has 3 rings (SSSR count). The van der Waals surface area contributed by atoms with Crippen LogP contribution in [0.1, 0.15) is 50.0 Å². The molecule has 1 heterocycles. The first-order chi connectivity index (χ1) is 13.7. The van der Waals surface area contributed by atoms with E-state index in [1.807, 2.05) is 0 Å². The lowest BCUT2D eigenvalue weighted by Gasteiger charge is -2.43. The summed E-state index contributed by atoms with van der Waals surface area (Å²) in [5.74, 6) is -3.32. The van der Waals surface area contributed by atoms with E-state index in [-0.39, 0.29) is 35.7 Å². The molecule has 2 fully saturated rings. The molecular weight excluding hydrogens is 423 g/mol. The standard InChI is InChI=1S/C20H26F3N3O3.ClH/c1-24(16-6-2-3-7-17(16)25-12-4-5-13-25)19(27)18(20(21,22)23)14-8-10-15(11-9-14)26(28)29;/h8-11,16-18H,2-7,12-13H2,1H3;1H. The second-order valence-corrected chi connectivity index (χ2v) is 7.93. The number of non-ortho nitro benzene ring substituents is 1. The summed E-state index contributed by atoms with van der Waals surface area (Å²) in [6.07, 6.45) is 0.860. The Kier molecular flexibility index (Phi) is 8.10. The van der Waals surface area contributed by atoms with Crippen molar-refractivity contribution in [2.24, 2.45) is 0 Å². The van der Waals surface area contributed by atoms with Gasteiger partial charge in [-0.1, -0.05) is 25.0 Å². The lowest BCUT2D eigenvalue weighted by molar-refractivity contribution is -0.384. The predicted molar refractivity (Wildman–Crippen MR) is 109 cm³/mol. The lowest BCUT2D eigenvalue weighted by Crippen LogP contribution is -2.55. The molecule has 0 radical (unpaired) electrons. The fraction of sp³-hybridized carbons (Fsp3) is 0.650. The zero-order valence-corrected chi connectivity index (χ0v) is 17.6. The van der Waals surface area contributed by atoms with Crippen molar-refractivity contribution in [2.45, 2.75) is 62.7 Å². The Balaban J connectivity index is 0.00000320. The highest BCUT2D eigenvalue weighted by molar-refractivity contribution is 5.85. The van der Waals surface area contributed by atoms with Gasteiger partial charge < -0.3 is 4.90 Å². The highest BCUT2D eigenvalue weighted by Gasteiger charge is 2.49. The molecule has 0 spiro atoms. The van der Waals surface area contributed by atoms with Gasteiger partial charge in [0.1, 0.15) is 0 Å². The van der Waals surface area contributed by atoms with Crippen LogP contribution in [0.25, 0.3) is 0 Å². The molecule has 0 N–H and O–H groups in total. The van der Waals surface area contributed by atoms with Gasteiger partial charge in [0.2, 0.25) is 5.91 Å². The molecule has 1 aromatic carbocycles. The number of hydrogen-bond donors (Lipinski definition) is 0. The molecule has 6 nitrogen and oxygen atoms in total. The first-order valence-corrected chi connectivity index (χ1v) is 10.0. The van der Waals surface area contributed by atoms with Crippen LogP contribution in [0.4, 0.5) is 18.9 Å². The summed E-state index contributed by atoms with van der Waals surface area (Å²) in [4.78, 5) is 26.7. The van der Waals surface area contributed by atoms with E-state index >= 15 is 0 Å². The zero-order chi connectivity index (χ0) is 21.2. The molecule has 3 atom stereocenters. The molecule has 1 saturated carbocycles. The minimum Gasteiger partial charge on any atom is -0.340 e. The number of nitro groups is 1. The molecule has 0 aromatic heterocycles. The second kappa shape index (κ2) is 9.96. The van der Waals surface area contributed by atoms with E-state index in [2.05, 4.69) is 4.90 Å². The van der Waals surface area contributed by atoms with Crippen LogP contribution >= 0.6 is 12.4 Å². The highest BCUT2D eigenvalue weighted by atomic mass is 35.5. The number of nitro benzene ring substituents is 1. The van der Waals surface area contributed by atoms with Crippen LogP contribution < -0.4 is 0 Å². The van der Waals surface area contributed by atoms with Gasteiger partial charge in [-0.3, -0.25) is 19.8 Å². The number of nitrogens with zero attached hydrogens (tertiary/aromatic N) is 3. The number of benzene rings is 1. The first-order valence-electron chi connectivity index (χ1n) is 10.0. The maximum atomic E-state index is 13.8. The number of carbonyl (C=O) groups is 1. The fourth-order valence-corrected chi connectivity index (χ4v) is 4.67. The minimum atomic E-state index is -4.78. The normalized spacial score (nSPS) is 23.5. The van der Waals surface area contributed by atoms with Gasteiger partial charge in [0.25, 0.3) is 5.69 Å². The van der Waals surface area contributed by atoms with Crippen LogP contribution in [-0.4, -0.2) is 59.0 Å². The highest BCUT2D eigenvalue weighted by Crippen LogP contribution is 2.38. The molecule has 1 amide bonds. The van der Waals surface area contributed by atoms with Crippen LogP contribution in [0.5, 0.6) is 0 Å². The first kappa shape index (κ1) is 24.4. The molecule has 1 saturated heterocycles. The van der Waals surface area contributed by atoms with Crippen LogP contribution in [0.2, 0.25) is 0 Å². The minimum absolute atomic E-state index is 0. The predicted octanol–water partition coefficient (Wildman–Crippen LogP) is 4.53. The Morgan fingerprint density at radius 3 is 2.23 bits per heavy atom. The Morgan fingerprint density at radius 1 is 1.13 bits per heavy atom. The van der Waals surface area contributed by atoms with E-state index in [0.29, 0.717) is 6.42 Å². The quantitative estimate of drug-likeness (QED) is 0.489.